The van der Waals surface area contributed by atoms with Crippen molar-refractivity contribution in [3.05, 3.63) is 88.9 Å². The summed E-state index contributed by atoms with van der Waals surface area (Å²) < 4.78 is 33.7. The second-order valence-electron chi connectivity index (χ2n) is 14.2. The molecule has 1 saturated carbocycles. The molecule has 5 aromatic rings. The van der Waals surface area contributed by atoms with Gasteiger partial charge in [-0.3, -0.25) is 14.8 Å². The van der Waals surface area contributed by atoms with Gasteiger partial charge in [-0.25, -0.2) is 23.2 Å². The first-order chi connectivity index (χ1) is 25.4. The number of para-hydroxylation sites is 1. The minimum Gasteiger partial charge on any atom is -0.476 e. The monoisotopic (exact) mass is 756 g/mol. The van der Waals surface area contributed by atoms with Crippen LogP contribution in [0, 0.1) is 12.8 Å². The van der Waals surface area contributed by atoms with Crippen molar-refractivity contribution in [1.29, 1.82) is 0 Å². The number of carbonyl (C=O) groups is 2. The Balaban J connectivity index is 1.12. The first-order valence-electron chi connectivity index (χ1n) is 18.1. The highest BCUT2D eigenvalue weighted by Crippen LogP contribution is 2.38. The van der Waals surface area contributed by atoms with Crippen LogP contribution in [0.1, 0.15) is 77.2 Å². The van der Waals surface area contributed by atoms with E-state index in [-0.39, 0.29) is 29.7 Å². The van der Waals surface area contributed by atoms with Gasteiger partial charge in [0.25, 0.3) is 5.91 Å². The molecule has 1 aliphatic heterocycles. The zero-order valence-electron chi connectivity index (χ0n) is 30.2. The van der Waals surface area contributed by atoms with Crippen LogP contribution >= 0.6 is 11.3 Å². The lowest BCUT2D eigenvalue weighted by Gasteiger charge is -2.40. The third-order valence-electron chi connectivity index (χ3n) is 10.6. The molecule has 2 aliphatic rings. The summed E-state index contributed by atoms with van der Waals surface area (Å²) in [6, 6.07) is 17.1. The van der Waals surface area contributed by atoms with Crippen LogP contribution in [0.3, 0.4) is 0 Å². The number of hydrogen-bond acceptors (Lipinski definition) is 10. The highest BCUT2D eigenvalue weighted by atomic mass is 32.2. The van der Waals surface area contributed by atoms with Crippen molar-refractivity contribution in [2.75, 3.05) is 34.9 Å². The predicted octanol–water partition coefficient (Wildman–Crippen LogP) is 6.78. The Morgan fingerprint density at radius 3 is 2.70 bits per heavy atom. The maximum absolute atomic E-state index is 13.6. The number of aromatic carboxylic acids is 1. The van der Waals surface area contributed by atoms with Gasteiger partial charge >= 0.3 is 5.97 Å². The first kappa shape index (κ1) is 36.7. The van der Waals surface area contributed by atoms with Gasteiger partial charge in [-0.1, -0.05) is 62.3 Å². The topological polar surface area (TPSA) is 157 Å². The molecular weight excluding hydrogens is 713 g/mol. The second-order valence-corrected chi connectivity index (χ2v) is 17.7. The molecule has 0 bridgehead atoms. The molecule has 2 unspecified atom stereocenters. The van der Waals surface area contributed by atoms with Gasteiger partial charge in [0.2, 0.25) is 0 Å². The maximum Gasteiger partial charge on any atom is 0.355 e. The van der Waals surface area contributed by atoms with Gasteiger partial charge in [-0.05, 0) is 73.6 Å². The van der Waals surface area contributed by atoms with E-state index in [1.165, 1.54) is 11.3 Å². The zero-order chi connectivity index (χ0) is 37.3. The number of carboxylic acids is 1. The van der Waals surface area contributed by atoms with Gasteiger partial charge in [0.15, 0.2) is 20.7 Å². The van der Waals surface area contributed by atoms with E-state index in [2.05, 4.69) is 27.3 Å². The molecule has 14 heteroatoms. The number of anilines is 2. The number of ether oxygens (including phenoxy) is 1. The van der Waals surface area contributed by atoms with E-state index in [0.717, 1.165) is 52.7 Å². The molecule has 53 heavy (non-hydrogen) atoms. The highest BCUT2D eigenvalue weighted by Gasteiger charge is 2.38. The van der Waals surface area contributed by atoms with Crippen LogP contribution in [0.4, 0.5) is 10.9 Å². The highest BCUT2D eigenvalue weighted by molar-refractivity contribution is 7.91. The molecule has 1 aliphatic carbocycles. The number of thiazole rings is 1. The minimum atomic E-state index is -3.17. The van der Waals surface area contributed by atoms with Crippen molar-refractivity contribution in [2.45, 2.75) is 71.6 Å². The Labute approximate surface area is 313 Å². The van der Waals surface area contributed by atoms with Crippen LogP contribution in [-0.4, -0.2) is 75.4 Å². The van der Waals surface area contributed by atoms with E-state index in [0.29, 0.717) is 59.6 Å². The number of pyridine rings is 1. The van der Waals surface area contributed by atoms with E-state index >= 15 is 0 Å². The van der Waals surface area contributed by atoms with Crippen molar-refractivity contribution >= 4 is 54.2 Å². The van der Waals surface area contributed by atoms with Crippen LogP contribution in [0.5, 0.6) is 0 Å². The molecule has 0 saturated heterocycles. The molecule has 12 nitrogen and oxygen atoms in total. The standard InChI is InChI=1S/C39H44N6O6S2/c1-4-53(49,50)20-19-51-39(17-8-9-25(2)21-39)24-45-26(3)30(22-40-45)28-14-15-34(42-35(28)37(47)48)44-18-16-27-10-7-11-29(31(27)23-44)36(46)43-38-41-32-12-5-6-13-33(32)52-38/h5-7,10-15,22,25H,4,8-9,16-21,23-24H2,1-3H3,(H,47,48)(H,41,43,46). The molecule has 1 fully saturated rings. The largest absolute Gasteiger partial charge is 0.476 e. The van der Waals surface area contributed by atoms with Gasteiger partial charge in [0.1, 0.15) is 5.82 Å². The minimum absolute atomic E-state index is 0.0236. The average molecular weight is 757 g/mol. The van der Waals surface area contributed by atoms with E-state index in [9.17, 15) is 23.1 Å². The number of rotatable bonds is 12. The van der Waals surface area contributed by atoms with Crippen molar-refractivity contribution in [2.24, 2.45) is 5.92 Å². The second kappa shape index (κ2) is 15.0. The van der Waals surface area contributed by atoms with Crippen molar-refractivity contribution in [3.8, 4) is 11.1 Å². The van der Waals surface area contributed by atoms with Gasteiger partial charge in [-0.15, -0.1) is 0 Å². The summed E-state index contributed by atoms with van der Waals surface area (Å²) in [5, 5.41) is 18.6. The van der Waals surface area contributed by atoms with Crippen LogP contribution in [0.2, 0.25) is 0 Å². The normalized spacial score (nSPS) is 18.9. The SMILES string of the molecule is CCS(=O)(=O)CCOC1(Cn2ncc(-c3ccc(N4CCc5cccc(C(=O)Nc6nc7ccccc7s6)c5C4)nc3C(=O)O)c2C)CCCC(C)C1. The van der Waals surface area contributed by atoms with E-state index in [1.54, 1.807) is 25.3 Å². The Morgan fingerprint density at radius 1 is 1.09 bits per heavy atom. The fourth-order valence-electron chi connectivity index (χ4n) is 7.69. The maximum atomic E-state index is 13.6. The number of benzene rings is 2. The van der Waals surface area contributed by atoms with Gasteiger partial charge in [0, 0.05) is 41.2 Å². The number of nitrogens with zero attached hydrogens (tertiary/aromatic N) is 5. The molecule has 3 aromatic heterocycles. The fourth-order valence-corrected chi connectivity index (χ4v) is 9.18. The summed E-state index contributed by atoms with van der Waals surface area (Å²) in [6.45, 7) is 7.30. The molecule has 1 amide bonds. The van der Waals surface area contributed by atoms with E-state index in [1.807, 2.05) is 59.0 Å². The number of sulfone groups is 1. The Hall–Kier alpha value is -4.66. The Kier molecular flexibility index (Phi) is 10.4. The van der Waals surface area contributed by atoms with Gasteiger partial charge in [-0.2, -0.15) is 5.10 Å². The summed E-state index contributed by atoms with van der Waals surface area (Å²) >= 11 is 1.42. The smallest absolute Gasteiger partial charge is 0.355 e. The predicted molar refractivity (Wildman–Crippen MR) is 207 cm³/mol. The third-order valence-corrected chi connectivity index (χ3v) is 13.2. The molecule has 2 aromatic carbocycles. The summed E-state index contributed by atoms with van der Waals surface area (Å²) in [5.74, 6) is -0.415. The van der Waals surface area contributed by atoms with Gasteiger partial charge < -0.3 is 14.7 Å². The molecule has 4 heterocycles. The fraction of sp³-hybridized carbons (Fsp3) is 0.410. The lowest BCUT2D eigenvalue weighted by atomic mass is 9.78. The van der Waals surface area contributed by atoms with Crippen molar-refractivity contribution in [1.82, 2.24) is 19.7 Å². The first-order valence-corrected chi connectivity index (χ1v) is 20.7. The molecule has 7 rings (SSSR count). The van der Waals surface area contributed by atoms with Crippen molar-refractivity contribution < 1.29 is 27.9 Å². The molecular formula is C39H44N6O6S2. The quantitative estimate of drug-likeness (QED) is 0.139. The van der Waals surface area contributed by atoms with Crippen molar-refractivity contribution in [3.63, 3.8) is 0 Å². The number of hydrogen-bond donors (Lipinski definition) is 2. The number of carbonyl (C=O) groups excluding carboxylic acids is 1. The number of carboxylic acid groups (broad SMARTS) is 1. The number of fused-ring (bicyclic) bond motifs is 2. The summed E-state index contributed by atoms with van der Waals surface area (Å²) in [7, 11) is -3.17. The van der Waals surface area contributed by atoms with Crippen LogP contribution in [-0.2, 0) is 34.1 Å². The lowest BCUT2D eigenvalue weighted by Crippen LogP contribution is -2.43. The molecule has 2 atom stereocenters. The molecule has 2 N–H and O–H groups in total. The summed E-state index contributed by atoms with van der Waals surface area (Å²) in [6.07, 6.45) is 5.98. The molecule has 0 spiro atoms. The van der Waals surface area contributed by atoms with E-state index in [4.69, 9.17) is 4.74 Å². The summed E-state index contributed by atoms with van der Waals surface area (Å²) in [4.78, 5) is 37.5. The molecule has 278 valence electrons. The lowest BCUT2D eigenvalue weighted by molar-refractivity contribution is -0.0882. The van der Waals surface area contributed by atoms with Crippen LogP contribution in [0.25, 0.3) is 21.3 Å². The van der Waals surface area contributed by atoms with Crippen LogP contribution < -0.4 is 10.2 Å². The number of nitrogens with one attached hydrogen (secondary N) is 1. The average Bonchev–Trinajstić information content (AvgIpc) is 3.72. The Bertz CT molecular complexity index is 2250. The number of aromatic nitrogens is 4. The third kappa shape index (κ3) is 7.85. The van der Waals surface area contributed by atoms with Crippen LogP contribution in [0.15, 0.2) is 60.8 Å². The van der Waals surface area contributed by atoms with Gasteiger partial charge in [0.05, 0.1) is 40.9 Å². The van der Waals surface area contributed by atoms with E-state index < -0.39 is 21.4 Å². The Morgan fingerprint density at radius 2 is 1.92 bits per heavy atom. The number of amides is 1. The summed E-state index contributed by atoms with van der Waals surface area (Å²) in [5.41, 5.74) is 4.56. The zero-order valence-corrected chi connectivity index (χ0v) is 31.8. The molecule has 0 radical (unpaired) electrons.